The second kappa shape index (κ2) is 16.2. The van der Waals surface area contributed by atoms with Crippen LogP contribution in [0.1, 0.15) is 53.2 Å². The Labute approximate surface area is 182 Å². The number of rotatable bonds is 13. The molecule has 0 bridgehead atoms. The second-order valence-corrected chi connectivity index (χ2v) is 6.95. The van der Waals surface area contributed by atoms with Crippen LogP contribution in [-0.2, 0) is 11.3 Å². The lowest BCUT2D eigenvalue weighted by molar-refractivity contribution is 0.105. The maximum atomic E-state index is 5.58. The minimum Gasteiger partial charge on any atom is -0.467 e. The van der Waals surface area contributed by atoms with Crippen LogP contribution in [0.5, 0.6) is 0 Å². The van der Waals surface area contributed by atoms with Crippen molar-refractivity contribution in [3.8, 4) is 0 Å². The SMILES string of the molecule is CCNC(=NCCCOCc1ccco1)NCCCN(C(C)C)C(C)C.I. The predicted molar refractivity (Wildman–Crippen MR) is 124 cm³/mol. The molecule has 0 aliphatic heterocycles. The van der Waals surface area contributed by atoms with E-state index >= 15 is 0 Å². The molecule has 0 saturated heterocycles. The van der Waals surface area contributed by atoms with Crippen LogP contribution in [0.15, 0.2) is 27.8 Å². The summed E-state index contributed by atoms with van der Waals surface area (Å²) in [7, 11) is 0. The van der Waals surface area contributed by atoms with Crippen molar-refractivity contribution in [3.63, 3.8) is 0 Å². The van der Waals surface area contributed by atoms with E-state index in [4.69, 9.17) is 9.15 Å². The maximum Gasteiger partial charge on any atom is 0.191 e. The summed E-state index contributed by atoms with van der Waals surface area (Å²) in [5.41, 5.74) is 0. The van der Waals surface area contributed by atoms with Gasteiger partial charge in [-0.25, -0.2) is 0 Å². The first kappa shape index (κ1) is 26.2. The maximum absolute atomic E-state index is 5.58. The summed E-state index contributed by atoms with van der Waals surface area (Å²) < 4.78 is 10.8. The zero-order chi connectivity index (χ0) is 19.2. The summed E-state index contributed by atoms with van der Waals surface area (Å²) in [6, 6.07) is 4.96. The van der Waals surface area contributed by atoms with Gasteiger partial charge in [0.05, 0.1) is 6.26 Å². The van der Waals surface area contributed by atoms with Crippen LogP contribution in [0, 0.1) is 0 Å². The third kappa shape index (κ3) is 12.3. The van der Waals surface area contributed by atoms with Gasteiger partial charge >= 0.3 is 0 Å². The molecule has 0 aromatic carbocycles. The lowest BCUT2D eigenvalue weighted by Gasteiger charge is -2.30. The zero-order valence-corrected chi connectivity index (χ0v) is 20.0. The average Bonchev–Trinajstić information content (AvgIpc) is 3.10. The van der Waals surface area contributed by atoms with Crippen LogP contribution >= 0.6 is 24.0 Å². The van der Waals surface area contributed by atoms with Crippen molar-refractivity contribution < 1.29 is 9.15 Å². The molecule has 1 heterocycles. The molecular formula is C20H39IN4O2. The minimum atomic E-state index is 0. The van der Waals surface area contributed by atoms with Crippen LogP contribution in [0.4, 0.5) is 0 Å². The third-order valence-electron chi connectivity index (χ3n) is 4.10. The molecule has 1 rings (SSSR count). The number of aliphatic imine (C=N–C) groups is 1. The zero-order valence-electron chi connectivity index (χ0n) is 17.7. The Balaban J connectivity index is 0.00000676. The highest BCUT2D eigenvalue weighted by Crippen LogP contribution is 2.05. The Morgan fingerprint density at radius 3 is 2.52 bits per heavy atom. The fourth-order valence-electron chi connectivity index (χ4n) is 2.85. The second-order valence-electron chi connectivity index (χ2n) is 6.95. The number of halogens is 1. The van der Waals surface area contributed by atoms with Crippen molar-refractivity contribution in [2.24, 2.45) is 4.99 Å². The summed E-state index contributed by atoms with van der Waals surface area (Å²) in [5, 5.41) is 6.72. The molecule has 0 radical (unpaired) electrons. The largest absolute Gasteiger partial charge is 0.467 e. The van der Waals surface area contributed by atoms with Crippen molar-refractivity contribution in [2.45, 2.75) is 66.2 Å². The van der Waals surface area contributed by atoms with Crippen molar-refractivity contribution in [3.05, 3.63) is 24.2 Å². The first-order chi connectivity index (χ1) is 12.5. The third-order valence-corrected chi connectivity index (χ3v) is 4.10. The van der Waals surface area contributed by atoms with E-state index in [9.17, 15) is 0 Å². The first-order valence-electron chi connectivity index (χ1n) is 9.92. The van der Waals surface area contributed by atoms with Gasteiger partial charge in [-0.05, 0) is 59.6 Å². The van der Waals surface area contributed by atoms with Gasteiger partial charge in [-0.3, -0.25) is 9.89 Å². The molecule has 0 atom stereocenters. The highest BCUT2D eigenvalue weighted by molar-refractivity contribution is 14.0. The van der Waals surface area contributed by atoms with Crippen LogP contribution in [-0.4, -0.2) is 55.7 Å². The molecule has 2 N–H and O–H groups in total. The van der Waals surface area contributed by atoms with Crippen molar-refractivity contribution in [1.29, 1.82) is 0 Å². The van der Waals surface area contributed by atoms with Gasteiger partial charge in [-0.2, -0.15) is 0 Å². The summed E-state index contributed by atoms with van der Waals surface area (Å²) >= 11 is 0. The van der Waals surface area contributed by atoms with Gasteiger partial charge in [0, 0.05) is 44.9 Å². The quantitative estimate of drug-likeness (QED) is 0.189. The number of hydrogen-bond acceptors (Lipinski definition) is 4. The minimum absolute atomic E-state index is 0. The molecular weight excluding hydrogens is 455 g/mol. The van der Waals surface area contributed by atoms with Gasteiger partial charge in [0.25, 0.3) is 0 Å². The molecule has 1 aromatic heterocycles. The first-order valence-corrected chi connectivity index (χ1v) is 9.92. The van der Waals surface area contributed by atoms with Gasteiger partial charge < -0.3 is 19.8 Å². The predicted octanol–water partition coefficient (Wildman–Crippen LogP) is 3.87. The summed E-state index contributed by atoms with van der Waals surface area (Å²) in [5.74, 6) is 1.75. The van der Waals surface area contributed by atoms with E-state index < -0.39 is 0 Å². The van der Waals surface area contributed by atoms with Gasteiger partial charge in [0.2, 0.25) is 0 Å². The molecule has 0 saturated carbocycles. The van der Waals surface area contributed by atoms with Crippen LogP contribution in [0.3, 0.4) is 0 Å². The Kier molecular flexibility index (Phi) is 15.7. The van der Waals surface area contributed by atoms with E-state index in [2.05, 4.69) is 55.1 Å². The number of ether oxygens (including phenoxy) is 1. The molecule has 0 unspecified atom stereocenters. The van der Waals surface area contributed by atoms with Crippen LogP contribution < -0.4 is 10.6 Å². The number of nitrogens with zero attached hydrogens (tertiary/aromatic N) is 2. The van der Waals surface area contributed by atoms with Crippen molar-refractivity contribution in [2.75, 3.05) is 32.8 Å². The Morgan fingerprint density at radius 1 is 1.19 bits per heavy atom. The van der Waals surface area contributed by atoms with Gasteiger partial charge in [0.1, 0.15) is 12.4 Å². The van der Waals surface area contributed by atoms with Crippen molar-refractivity contribution in [1.82, 2.24) is 15.5 Å². The van der Waals surface area contributed by atoms with E-state index in [1.54, 1.807) is 6.26 Å². The Morgan fingerprint density at radius 2 is 1.93 bits per heavy atom. The highest BCUT2D eigenvalue weighted by Gasteiger charge is 2.12. The summed E-state index contributed by atoms with van der Waals surface area (Å²) in [6.07, 6.45) is 3.66. The van der Waals surface area contributed by atoms with Gasteiger partial charge in [-0.1, -0.05) is 0 Å². The molecule has 1 aromatic rings. The highest BCUT2D eigenvalue weighted by atomic mass is 127. The van der Waals surface area contributed by atoms with E-state index in [1.807, 2.05) is 12.1 Å². The smallest absolute Gasteiger partial charge is 0.191 e. The number of guanidine groups is 1. The van der Waals surface area contributed by atoms with E-state index in [1.165, 1.54) is 0 Å². The fraction of sp³-hybridized carbons (Fsp3) is 0.750. The molecule has 0 aliphatic carbocycles. The van der Waals surface area contributed by atoms with Gasteiger partial charge in [0.15, 0.2) is 5.96 Å². The lowest BCUT2D eigenvalue weighted by Crippen LogP contribution is -2.41. The molecule has 0 spiro atoms. The van der Waals surface area contributed by atoms with Crippen molar-refractivity contribution >= 4 is 29.9 Å². The topological polar surface area (TPSA) is 62.0 Å². The molecule has 6 nitrogen and oxygen atoms in total. The lowest BCUT2D eigenvalue weighted by atomic mass is 10.2. The molecule has 0 amide bonds. The average molecular weight is 494 g/mol. The Hall–Kier alpha value is -0.800. The fourth-order valence-corrected chi connectivity index (χ4v) is 2.85. The van der Waals surface area contributed by atoms with E-state index in [-0.39, 0.29) is 24.0 Å². The Bertz CT molecular complexity index is 470. The number of hydrogen-bond donors (Lipinski definition) is 2. The van der Waals surface area contributed by atoms with Crippen LogP contribution in [0.25, 0.3) is 0 Å². The molecule has 158 valence electrons. The molecule has 27 heavy (non-hydrogen) atoms. The molecule has 0 aliphatic rings. The summed E-state index contributed by atoms with van der Waals surface area (Å²) in [6.45, 7) is 16.0. The number of nitrogens with one attached hydrogen (secondary N) is 2. The monoisotopic (exact) mass is 494 g/mol. The van der Waals surface area contributed by atoms with Gasteiger partial charge in [-0.15, -0.1) is 24.0 Å². The standard InChI is InChI=1S/C20H38N4O2.HI/c1-6-21-20(22-11-8-13-24(17(2)3)18(4)5)23-12-9-14-25-16-19-10-7-15-26-19;/h7,10,15,17-18H,6,8-9,11-14,16H2,1-5H3,(H2,21,22,23);1H. The van der Waals surface area contributed by atoms with E-state index in [0.717, 1.165) is 50.7 Å². The van der Waals surface area contributed by atoms with E-state index in [0.29, 0.717) is 25.3 Å². The van der Waals surface area contributed by atoms with Crippen LogP contribution in [0.2, 0.25) is 0 Å². The molecule has 7 heteroatoms. The summed E-state index contributed by atoms with van der Waals surface area (Å²) in [4.78, 5) is 7.13. The normalized spacial score (nSPS) is 11.9. The molecule has 0 fully saturated rings. The number of furan rings is 1.